The van der Waals surface area contributed by atoms with E-state index in [1.807, 2.05) is 0 Å². The molecule has 0 aliphatic rings. The second kappa shape index (κ2) is 10.1. The second-order valence-corrected chi connectivity index (χ2v) is 8.52. The smallest absolute Gasteiger partial charge is 0.264 e. The quantitative estimate of drug-likeness (QED) is 0.413. The number of methoxy groups -OCH3 is 1. The highest BCUT2D eigenvalue weighted by atomic mass is 35.5. The predicted octanol–water partition coefficient (Wildman–Crippen LogP) is 3.09. The standard InChI is InChI=1S/C21H19ClN4O4S/c1-30-20-10-9-17(22)12-19(20)26(31(28,29)18-7-3-2-4-8-18)15-21(27)25-24-14-16-6-5-11-23-13-16/h2-14H,15H2,1H3,(H,25,27)/b24-14-. The Morgan fingerprint density at radius 3 is 2.65 bits per heavy atom. The fourth-order valence-corrected chi connectivity index (χ4v) is 4.29. The molecule has 1 heterocycles. The molecule has 0 aliphatic carbocycles. The van der Waals surface area contributed by atoms with Crippen molar-refractivity contribution in [3.63, 3.8) is 0 Å². The summed E-state index contributed by atoms with van der Waals surface area (Å²) in [4.78, 5) is 16.5. The molecular weight excluding hydrogens is 440 g/mol. The molecule has 3 aromatic rings. The first-order valence-electron chi connectivity index (χ1n) is 9.05. The zero-order valence-corrected chi connectivity index (χ0v) is 18.0. The van der Waals surface area contributed by atoms with Crippen LogP contribution in [0.1, 0.15) is 5.56 Å². The summed E-state index contributed by atoms with van der Waals surface area (Å²) in [5, 5.41) is 4.15. The van der Waals surface area contributed by atoms with Gasteiger partial charge in [0.25, 0.3) is 15.9 Å². The first kappa shape index (κ1) is 22.3. The van der Waals surface area contributed by atoms with Gasteiger partial charge in [0.05, 0.1) is 23.9 Å². The van der Waals surface area contributed by atoms with Gasteiger partial charge in [0.15, 0.2) is 0 Å². The average molecular weight is 459 g/mol. The van der Waals surface area contributed by atoms with Gasteiger partial charge in [0.1, 0.15) is 12.3 Å². The summed E-state index contributed by atoms with van der Waals surface area (Å²) in [7, 11) is -2.70. The SMILES string of the molecule is COc1ccc(Cl)cc1N(CC(=O)N/N=C\c1cccnc1)S(=O)(=O)c1ccccc1. The van der Waals surface area contributed by atoms with Crippen molar-refractivity contribution in [2.75, 3.05) is 18.0 Å². The number of carbonyl (C=O) groups is 1. The lowest BCUT2D eigenvalue weighted by Crippen LogP contribution is -2.39. The number of amides is 1. The van der Waals surface area contributed by atoms with Gasteiger partial charge in [-0.1, -0.05) is 35.9 Å². The molecule has 2 aromatic carbocycles. The van der Waals surface area contributed by atoms with Crippen LogP contribution in [-0.4, -0.2) is 39.2 Å². The van der Waals surface area contributed by atoms with Crippen LogP contribution in [0.3, 0.4) is 0 Å². The van der Waals surface area contributed by atoms with Gasteiger partial charge in [0, 0.05) is 23.0 Å². The van der Waals surface area contributed by atoms with E-state index in [0.717, 1.165) is 4.31 Å². The highest BCUT2D eigenvalue weighted by molar-refractivity contribution is 7.92. The maximum absolute atomic E-state index is 13.3. The minimum Gasteiger partial charge on any atom is -0.495 e. The summed E-state index contributed by atoms with van der Waals surface area (Å²) in [6.07, 6.45) is 4.58. The monoisotopic (exact) mass is 458 g/mol. The normalized spacial score (nSPS) is 11.3. The van der Waals surface area contributed by atoms with Crippen LogP contribution in [0.25, 0.3) is 0 Å². The third-order valence-corrected chi connectivity index (χ3v) is 6.12. The fraction of sp³-hybridized carbons (Fsp3) is 0.0952. The van der Waals surface area contributed by atoms with E-state index in [4.69, 9.17) is 16.3 Å². The van der Waals surface area contributed by atoms with E-state index in [1.165, 1.54) is 37.6 Å². The van der Waals surface area contributed by atoms with Crippen molar-refractivity contribution in [2.24, 2.45) is 5.10 Å². The van der Waals surface area contributed by atoms with Gasteiger partial charge in [-0.05, 0) is 36.4 Å². The Bertz CT molecular complexity index is 1170. The molecule has 3 rings (SSSR count). The van der Waals surface area contributed by atoms with Crippen molar-refractivity contribution in [3.8, 4) is 5.75 Å². The molecule has 1 amide bonds. The van der Waals surface area contributed by atoms with E-state index in [0.29, 0.717) is 10.6 Å². The minimum atomic E-state index is -4.10. The van der Waals surface area contributed by atoms with Crippen molar-refractivity contribution in [3.05, 3.63) is 83.6 Å². The molecule has 0 radical (unpaired) electrons. The zero-order chi connectivity index (χ0) is 22.3. The van der Waals surface area contributed by atoms with Gasteiger partial charge in [-0.15, -0.1) is 0 Å². The number of hydrazone groups is 1. The maximum atomic E-state index is 13.3. The molecule has 0 spiro atoms. The van der Waals surface area contributed by atoms with Crippen LogP contribution in [0.15, 0.2) is 83.1 Å². The van der Waals surface area contributed by atoms with Gasteiger partial charge >= 0.3 is 0 Å². The van der Waals surface area contributed by atoms with E-state index in [9.17, 15) is 13.2 Å². The molecule has 1 aromatic heterocycles. The highest BCUT2D eigenvalue weighted by Gasteiger charge is 2.29. The maximum Gasteiger partial charge on any atom is 0.264 e. The molecule has 10 heteroatoms. The van der Waals surface area contributed by atoms with Crippen LogP contribution in [0, 0.1) is 0 Å². The molecule has 1 N–H and O–H groups in total. The molecule has 160 valence electrons. The van der Waals surface area contributed by atoms with Gasteiger partial charge in [-0.25, -0.2) is 13.8 Å². The van der Waals surface area contributed by atoms with E-state index < -0.39 is 22.5 Å². The predicted molar refractivity (Wildman–Crippen MR) is 119 cm³/mol. The molecule has 0 fully saturated rings. The summed E-state index contributed by atoms with van der Waals surface area (Å²) in [5.41, 5.74) is 3.13. The van der Waals surface area contributed by atoms with Crippen molar-refractivity contribution >= 4 is 39.4 Å². The van der Waals surface area contributed by atoms with Crippen molar-refractivity contribution < 1.29 is 17.9 Å². The lowest BCUT2D eigenvalue weighted by atomic mass is 10.3. The van der Waals surface area contributed by atoms with Crippen LogP contribution in [-0.2, 0) is 14.8 Å². The number of hydrogen-bond acceptors (Lipinski definition) is 6. The fourth-order valence-electron chi connectivity index (χ4n) is 2.67. The number of anilines is 1. The molecule has 0 bridgehead atoms. The van der Waals surface area contributed by atoms with Crippen LogP contribution in [0.4, 0.5) is 5.69 Å². The lowest BCUT2D eigenvalue weighted by molar-refractivity contribution is -0.119. The van der Waals surface area contributed by atoms with Crippen molar-refractivity contribution in [1.29, 1.82) is 0 Å². The number of halogens is 1. The van der Waals surface area contributed by atoms with E-state index >= 15 is 0 Å². The number of nitrogens with zero attached hydrogens (tertiary/aromatic N) is 3. The number of nitrogens with one attached hydrogen (secondary N) is 1. The van der Waals surface area contributed by atoms with Gasteiger partial charge in [-0.3, -0.25) is 14.1 Å². The Kier molecular flexibility index (Phi) is 7.22. The van der Waals surface area contributed by atoms with Crippen molar-refractivity contribution in [2.45, 2.75) is 4.90 Å². The van der Waals surface area contributed by atoms with Crippen molar-refractivity contribution in [1.82, 2.24) is 10.4 Å². The Hall–Kier alpha value is -3.43. The third-order valence-electron chi connectivity index (χ3n) is 4.12. The number of carbonyl (C=O) groups excluding carboxylic acids is 1. The van der Waals surface area contributed by atoms with Gasteiger partial charge in [0.2, 0.25) is 0 Å². The number of benzene rings is 2. The molecule has 8 nitrogen and oxygen atoms in total. The molecule has 0 unspecified atom stereocenters. The molecule has 0 saturated carbocycles. The van der Waals surface area contributed by atoms with Crippen LogP contribution < -0.4 is 14.5 Å². The Labute approximate surface area is 185 Å². The number of hydrogen-bond donors (Lipinski definition) is 1. The zero-order valence-electron chi connectivity index (χ0n) is 16.5. The Morgan fingerprint density at radius 1 is 1.19 bits per heavy atom. The number of aromatic nitrogens is 1. The average Bonchev–Trinajstić information content (AvgIpc) is 2.78. The second-order valence-electron chi connectivity index (χ2n) is 6.22. The molecule has 0 aliphatic heterocycles. The number of ether oxygens (including phenoxy) is 1. The summed E-state index contributed by atoms with van der Waals surface area (Å²) in [6, 6.07) is 15.8. The third kappa shape index (κ3) is 5.59. The van der Waals surface area contributed by atoms with E-state index in [2.05, 4.69) is 15.5 Å². The van der Waals surface area contributed by atoms with E-state index in [-0.39, 0.29) is 16.3 Å². The largest absolute Gasteiger partial charge is 0.495 e. The summed E-state index contributed by atoms with van der Waals surface area (Å²) in [6.45, 7) is -0.543. The molecule has 0 atom stereocenters. The number of pyridine rings is 1. The van der Waals surface area contributed by atoms with Crippen LogP contribution in [0.2, 0.25) is 5.02 Å². The summed E-state index contributed by atoms with van der Waals surface area (Å²) >= 11 is 6.09. The van der Waals surface area contributed by atoms with Crippen LogP contribution >= 0.6 is 11.6 Å². The minimum absolute atomic E-state index is 0.0173. The lowest BCUT2D eigenvalue weighted by Gasteiger charge is -2.25. The number of sulfonamides is 1. The molecular formula is C21H19ClN4O4S. The Morgan fingerprint density at radius 2 is 1.97 bits per heavy atom. The summed E-state index contributed by atoms with van der Waals surface area (Å²) < 4.78 is 32.9. The summed E-state index contributed by atoms with van der Waals surface area (Å²) in [5.74, 6) is -0.405. The highest BCUT2D eigenvalue weighted by Crippen LogP contribution is 2.34. The molecule has 31 heavy (non-hydrogen) atoms. The molecule has 0 saturated heterocycles. The Balaban J connectivity index is 1.92. The van der Waals surface area contributed by atoms with Crippen LogP contribution in [0.5, 0.6) is 5.75 Å². The van der Waals surface area contributed by atoms with E-state index in [1.54, 1.807) is 48.8 Å². The first-order chi connectivity index (χ1) is 14.9. The van der Waals surface area contributed by atoms with Gasteiger partial charge in [-0.2, -0.15) is 5.10 Å². The first-order valence-corrected chi connectivity index (χ1v) is 10.9. The number of rotatable bonds is 8. The van der Waals surface area contributed by atoms with Gasteiger partial charge < -0.3 is 4.74 Å². The topological polar surface area (TPSA) is 101 Å².